The van der Waals surface area contributed by atoms with Crippen molar-refractivity contribution in [2.75, 3.05) is 10.6 Å². The number of aromatic nitrogens is 5. The van der Waals surface area contributed by atoms with Crippen LogP contribution in [0.25, 0.3) is 10.9 Å². The van der Waals surface area contributed by atoms with Crippen LogP contribution in [0.5, 0.6) is 0 Å². The van der Waals surface area contributed by atoms with Gasteiger partial charge in [-0.3, -0.25) is 4.98 Å². The van der Waals surface area contributed by atoms with E-state index in [1.165, 1.54) is 42.7 Å². The van der Waals surface area contributed by atoms with Crippen LogP contribution in [0.1, 0.15) is 29.8 Å². The second kappa shape index (κ2) is 12.2. The number of rotatable bonds is 8. The number of benzene rings is 3. The molecule has 0 bridgehead atoms. The highest BCUT2D eigenvalue weighted by molar-refractivity contribution is 6.36. The van der Waals surface area contributed by atoms with E-state index in [0.717, 1.165) is 41.2 Å². The van der Waals surface area contributed by atoms with Gasteiger partial charge in [-0.25, -0.2) is 27.2 Å². The Balaban J connectivity index is 1.45. The van der Waals surface area contributed by atoms with Crippen molar-refractivity contribution < 1.29 is 23.3 Å². The molecule has 224 valence electrons. The summed E-state index contributed by atoms with van der Waals surface area (Å²) >= 11 is 6.60. The Labute approximate surface area is 258 Å². The van der Waals surface area contributed by atoms with Crippen molar-refractivity contribution >= 4 is 39.6 Å². The lowest BCUT2D eigenvalue weighted by molar-refractivity contribution is 0.480. The van der Waals surface area contributed by atoms with Gasteiger partial charge < -0.3 is 10.6 Å². The average molecular weight is 634 g/mol. The van der Waals surface area contributed by atoms with Gasteiger partial charge in [0.1, 0.15) is 29.2 Å². The minimum absolute atomic E-state index is 0.0258. The normalized spacial score (nSPS) is 12.8. The molecular weight excluding hydrogens is 615 g/mol. The summed E-state index contributed by atoms with van der Waals surface area (Å²) in [5.41, 5.74) is 0.565. The van der Waals surface area contributed by atoms with Crippen molar-refractivity contribution in [3.05, 3.63) is 136 Å². The maximum Gasteiger partial charge on any atom is 0.249 e. The third kappa shape index (κ3) is 6.09. The largest absolute Gasteiger partial charge is 0.373 e. The quantitative estimate of drug-likeness (QED) is 0.133. The maximum absolute atomic E-state index is 14.3. The van der Waals surface area contributed by atoms with Crippen molar-refractivity contribution in [2.45, 2.75) is 12.6 Å². The molecule has 0 aliphatic heterocycles. The molecule has 0 amide bonds. The Morgan fingerprint density at radius 2 is 1.69 bits per heavy atom. The summed E-state index contributed by atoms with van der Waals surface area (Å²) < 4.78 is 80.6. The Hall–Kier alpha value is -5.61. The molecule has 6 rings (SSSR count). The van der Waals surface area contributed by atoms with Gasteiger partial charge in [0.15, 0.2) is 5.82 Å². The van der Waals surface area contributed by atoms with E-state index in [2.05, 4.69) is 30.9 Å². The molecule has 3 aromatic heterocycles. The predicted molar refractivity (Wildman–Crippen MR) is 156 cm³/mol. The zero-order valence-corrected chi connectivity index (χ0v) is 23.4. The fourth-order valence-corrected chi connectivity index (χ4v) is 4.83. The van der Waals surface area contributed by atoms with Crippen LogP contribution in [0.4, 0.5) is 39.0 Å². The zero-order chi connectivity index (χ0) is 32.6. The topological polar surface area (TPSA) is 104 Å². The Bertz CT molecular complexity index is 2130. The summed E-state index contributed by atoms with van der Waals surface area (Å²) in [4.78, 5) is 7.62. The number of nitriles is 1. The van der Waals surface area contributed by atoms with Crippen LogP contribution in [0.15, 0.2) is 79.3 Å². The minimum atomic E-state index is -1.98. The molecule has 0 unspecified atom stereocenters. The molecule has 0 radical (unpaired) electrons. The Kier molecular flexibility index (Phi) is 7.62. The number of fused-ring (bicyclic) bond motifs is 1. The standard InChI is InChI=1S/C31H18ClF5N8/c32-23-9-19(8-21-28(17(11-38)12-39-30(21)23)42-20-10-26(36)31(37)40-13-20)41-29(16-4-6-18(33)7-5-16)27-15-45(44-43-27)14-22-24(34)2-1-3-25(22)35/h1-10,12-13,15,29,41H,14H2,(H,39,42)/t29-/m0/s1/i29D. The van der Waals surface area contributed by atoms with Crippen molar-refractivity contribution in [2.24, 2.45) is 0 Å². The van der Waals surface area contributed by atoms with Crippen molar-refractivity contribution in [1.29, 1.82) is 5.26 Å². The van der Waals surface area contributed by atoms with Crippen LogP contribution in [-0.2, 0) is 6.54 Å². The number of halogens is 6. The summed E-state index contributed by atoms with van der Waals surface area (Å²) in [6.45, 7) is -0.330. The summed E-state index contributed by atoms with van der Waals surface area (Å²) in [6.07, 6.45) is 3.60. The highest BCUT2D eigenvalue weighted by atomic mass is 35.5. The van der Waals surface area contributed by atoms with Crippen LogP contribution in [0.3, 0.4) is 0 Å². The van der Waals surface area contributed by atoms with Gasteiger partial charge in [-0.05, 0) is 42.0 Å². The van der Waals surface area contributed by atoms with Gasteiger partial charge in [0.25, 0.3) is 0 Å². The second-order valence-corrected chi connectivity index (χ2v) is 10.1. The van der Waals surface area contributed by atoms with Gasteiger partial charge in [-0.2, -0.15) is 9.65 Å². The van der Waals surface area contributed by atoms with Gasteiger partial charge in [-0.15, -0.1) is 5.10 Å². The lowest BCUT2D eigenvalue weighted by Crippen LogP contribution is -2.13. The fourth-order valence-electron chi connectivity index (χ4n) is 4.57. The molecule has 0 saturated carbocycles. The number of nitrogens with one attached hydrogen (secondary N) is 2. The van der Waals surface area contributed by atoms with Gasteiger partial charge in [0.05, 0.1) is 53.8 Å². The third-order valence-electron chi connectivity index (χ3n) is 6.69. The number of hydrogen-bond donors (Lipinski definition) is 2. The molecule has 0 aliphatic carbocycles. The highest BCUT2D eigenvalue weighted by Crippen LogP contribution is 2.37. The second-order valence-electron chi connectivity index (χ2n) is 9.64. The first kappa shape index (κ1) is 28.2. The monoisotopic (exact) mass is 633 g/mol. The zero-order valence-electron chi connectivity index (χ0n) is 23.7. The third-order valence-corrected chi connectivity index (χ3v) is 6.98. The lowest BCUT2D eigenvalue weighted by Gasteiger charge is -2.20. The van der Waals surface area contributed by atoms with E-state index >= 15 is 0 Å². The first-order valence-corrected chi connectivity index (χ1v) is 13.4. The van der Waals surface area contributed by atoms with E-state index in [1.807, 2.05) is 6.07 Å². The van der Waals surface area contributed by atoms with Crippen molar-refractivity contribution in [3.63, 3.8) is 0 Å². The molecule has 1 atom stereocenters. The van der Waals surface area contributed by atoms with Crippen molar-refractivity contribution in [1.82, 2.24) is 25.0 Å². The van der Waals surface area contributed by atoms with E-state index in [4.69, 9.17) is 11.6 Å². The molecular formula is C31H18ClF5N8. The average Bonchev–Trinajstić information content (AvgIpc) is 3.51. The first-order chi connectivity index (χ1) is 22.0. The van der Waals surface area contributed by atoms with Gasteiger partial charge in [0.2, 0.25) is 5.95 Å². The summed E-state index contributed by atoms with van der Waals surface area (Å²) in [5.74, 6) is -4.65. The summed E-state index contributed by atoms with van der Waals surface area (Å²) in [6, 6.07) is 12.3. The van der Waals surface area contributed by atoms with Gasteiger partial charge in [-0.1, -0.05) is 35.0 Å². The Morgan fingerprint density at radius 1 is 0.933 bits per heavy atom. The predicted octanol–water partition coefficient (Wildman–Crippen LogP) is 7.44. The maximum atomic E-state index is 14.3. The Morgan fingerprint density at radius 3 is 2.40 bits per heavy atom. The van der Waals surface area contributed by atoms with E-state index in [0.29, 0.717) is 0 Å². The fraction of sp³-hybridized carbons (Fsp3) is 0.0645. The molecule has 0 spiro atoms. The molecule has 3 heterocycles. The van der Waals surface area contributed by atoms with Crippen LogP contribution >= 0.6 is 11.6 Å². The molecule has 2 N–H and O–H groups in total. The van der Waals surface area contributed by atoms with Crippen LogP contribution in [-0.4, -0.2) is 25.0 Å². The lowest BCUT2D eigenvalue weighted by atomic mass is 10.0. The molecule has 45 heavy (non-hydrogen) atoms. The number of anilines is 3. The molecule has 3 aromatic carbocycles. The molecule has 0 aliphatic rings. The summed E-state index contributed by atoms with van der Waals surface area (Å²) in [5, 5.41) is 24.1. The van der Waals surface area contributed by atoms with Crippen molar-refractivity contribution in [3.8, 4) is 6.07 Å². The number of nitrogens with zero attached hydrogens (tertiary/aromatic N) is 6. The van der Waals surface area contributed by atoms with E-state index in [1.54, 1.807) is 0 Å². The number of hydrogen-bond acceptors (Lipinski definition) is 7. The highest BCUT2D eigenvalue weighted by Gasteiger charge is 2.21. The van der Waals surface area contributed by atoms with E-state index in [-0.39, 0.29) is 61.9 Å². The molecule has 0 fully saturated rings. The van der Waals surface area contributed by atoms with Gasteiger partial charge >= 0.3 is 0 Å². The molecule has 6 aromatic rings. The smallest absolute Gasteiger partial charge is 0.249 e. The molecule has 0 saturated heterocycles. The molecule has 8 nitrogen and oxygen atoms in total. The summed E-state index contributed by atoms with van der Waals surface area (Å²) in [7, 11) is 0. The van der Waals surface area contributed by atoms with Gasteiger partial charge in [0, 0.05) is 28.9 Å². The molecule has 14 heteroatoms. The first-order valence-electron chi connectivity index (χ1n) is 13.5. The van der Waals surface area contributed by atoms with Crippen LogP contribution in [0, 0.1) is 40.5 Å². The van der Waals surface area contributed by atoms with Crippen LogP contribution in [0.2, 0.25) is 5.02 Å². The SMILES string of the molecule is [2H][C@](Nc1cc(Cl)c2ncc(C#N)c(Nc3cnc(F)c(F)c3)c2c1)(c1ccc(F)cc1)c1cn(Cc2c(F)cccc2F)nn1. The number of pyridine rings is 2. The van der Waals surface area contributed by atoms with Crippen LogP contribution < -0.4 is 10.6 Å². The minimum Gasteiger partial charge on any atom is -0.373 e. The van der Waals surface area contributed by atoms with E-state index in [9.17, 15) is 28.6 Å². The van der Waals surface area contributed by atoms with E-state index < -0.39 is 35.2 Å².